The molecule has 0 spiro atoms. The zero-order valence-corrected chi connectivity index (χ0v) is 17.2. The molecule has 2 aromatic rings. The number of benzene rings is 2. The average molecular weight is 395 g/mol. The number of amides is 2. The highest BCUT2D eigenvalue weighted by Gasteiger charge is 2.33. The minimum atomic E-state index is -0.301. The molecule has 0 N–H and O–H groups in total. The Balaban J connectivity index is 1.65. The summed E-state index contributed by atoms with van der Waals surface area (Å²) in [5.74, 6) is 1.39. The lowest BCUT2D eigenvalue weighted by Crippen LogP contribution is -2.47. The maximum Gasteiger partial charge on any atom is 0.415 e. The molecule has 0 aliphatic carbocycles. The van der Waals surface area contributed by atoms with Crippen LogP contribution in [-0.4, -0.2) is 36.5 Å². The third-order valence-electron chi connectivity index (χ3n) is 5.53. The lowest BCUT2D eigenvalue weighted by molar-refractivity contribution is -0.108. The van der Waals surface area contributed by atoms with E-state index in [4.69, 9.17) is 4.74 Å². The Kier molecular flexibility index (Phi) is 7.28. The van der Waals surface area contributed by atoms with Gasteiger partial charge >= 0.3 is 6.09 Å². The smallest absolute Gasteiger partial charge is 0.410 e. The highest BCUT2D eigenvalue weighted by molar-refractivity contribution is 5.76. The number of anilines is 1. The van der Waals surface area contributed by atoms with E-state index in [0.717, 1.165) is 31.4 Å². The van der Waals surface area contributed by atoms with E-state index in [9.17, 15) is 9.59 Å². The quantitative estimate of drug-likeness (QED) is 0.623. The number of nitrogens with zero attached hydrogens (tertiary/aromatic N) is 2. The average Bonchev–Trinajstić information content (AvgIpc) is 2.75. The molecule has 0 bridgehead atoms. The van der Waals surface area contributed by atoms with Gasteiger partial charge in [-0.1, -0.05) is 50.2 Å². The molecule has 1 heterocycles. The van der Waals surface area contributed by atoms with Gasteiger partial charge in [-0.2, -0.15) is 0 Å². The largest absolute Gasteiger partial charge is 0.415 e. The van der Waals surface area contributed by atoms with Crippen molar-refractivity contribution in [3.8, 4) is 5.75 Å². The van der Waals surface area contributed by atoms with E-state index in [1.165, 1.54) is 0 Å². The second-order valence-electron chi connectivity index (χ2n) is 8.05. The Bertz CT molecular complexity index is 771. The van der Waals surface area contributed by atoms with Crippen LogP contribution in [0.25, 0.3) is 0 Å². The minimum absolute atomic E-state index is 0.127. The molecule has 0 saturated carbocycles. The normalized spacial score (nSPS) is 15.8. The van der Waals surface area contributed by atoms with E-state index in [-0.39, 0.29) is 12.1 Å². The van der Waals surface area contributed by atoms with Gasteiger partial charge in [-0.3, -0.25) is 4.79 Å². The Morgan fingerprint density at radius 3 is 2.21 bits per heavy atom. The molecule has 1 aliphatic heterocycles. The summed E-state index contributed by atoms with van der Waals surface area (Å²) < 4.78 is 5.47. The van der Waals surface area contributed by atoms with E-state index in [2.05, 4.69) is 13.8 Å². The summed E-state index contributed by atoms with van der Waals surface area (Å²) in [7, 11) is 0. The molecule has 5 heteroatoms. The summed E-state index contributed by atoms with van der Waals surface area (Å²) in [5.41, 5.74) is 0.930. The van der Waals surface area contributed by atoms with E-state index in [0.29, 0.717) is 30.7 Å². The molecule has 1 fully saturated rings. The molecule has 5 nitrogen and oxygen atoms in total. The predicted octanol–water partition coefficient (Wildman–Crippen LogP) is 4.98. The SMILES string of the molecule is CC(C)CC(C1CCN(C(=O)Oc2ccccc2)CC1)N(C=O)c1ccccc1. The van der Waals surface area contributed by atoms with Gasteiger partial charge in [0.25, 0.3) is 0 Å². The van der Waals surface area contributed by atoms with Gasteiger partial charge in [0.1, 0.15) is 5.75 Å². The fourth-order valence-corrected chi connectivity index (χ4v) is 4.07. The first-order chi connectivity index (χ1) is 14.1. The molecular formula is C24H30N2O3. The molecule has 3 rings (SSSR count). The fraction of sp³-hybridized carbons (Fsp3) is 0.417. The van der Waals surface area contributed by atoms with Gasteiger partial charge in [0.2, 0.25) is 6.41 Å². The van der Waals surface area contributed by atoms with Crippen LogP contribution in [0.3, 0.4) is 0 Å². The summed E-state index contributed by atoms with van der Waals surface area (Å²) in [4.78, 5) is 28.1. The molecule has 0 aromatic heterocycles. The molecular weight excluding hydrogens is 364 g/mol. The second kappa shape index (κ2) is 10.1. The first-order valence-electron chi connectivity index (χ1n) is 10.4. The van der Waals surface area contributed by atoms with Crippen LogP contribution < -0.4 is 9.64 Å². The summed E-state index contributed by atoms with van der Waals surface area (Å²) in [5, 5.41) is 0. The number of carbonyl (C=O) groups is 2. The number of hydrogen-bond donors (Lipinski definition) is 0. The van der Waals surface area contributed by atoms with Gasteiger partial charge in [0, 0.05) is 24.8 Å². The lowest BCUT2D eigenvalue weighted by Gasteiger charge is -2.40. The van der Waals surface area contributed by atoms with Crippen LogP contribution in [0.4, 0.5) is 10.5 Å². The molecule has 1 unspecified atom stereocenters. The Morgan fingerprint density at radius 2 is 1.66 bits per heavy atom. The van der Waals surface area contributed by atoms with Crippen molar-refractivity contribution in [1.82, 2.24) is 4.90 Å². The molecule has 1 atom stereocenters. The highest BCUT2D eigenvalue weighted by atomic mass is 16.6. The van der Waals surface area contributed by atoms with Gasteiger partial charge < -0.3 is 14.5 Å². The van der Waals surface area contributed by atoms with Crippen molar-refractivity contribution >= 4 is 18.2 Å². The maximum atomic E-state index is 12.5. The van der Waals surface area contributed by atoms with E-state index in [1.54, 1.807) is 17.0 Å². The molecule has 0 radical (unpaired) electrons. The number of hydrogen-bond acceptors (Lipinski definition) is 3. The third kappa shape index (κ3) is 5.59. The van der Waals surface area contributed by atoms with Crippen LogP contribution in [0.2, 0.25) is 0 Å². The van der Waals surface area contributed by atoms with Crippen molar-refractivity contribution in [1.29, 1.82) is 0 Å². The predicted molar refractivity (Wildman–Crippen MR) is 115 cm³/mol. The highest BCUT2D eigenvalue weighted by Crippen LogP contribution is 2.31. The number of carbonyl (C=O) groups excluding carboxylic acids is 2. The van der Waals surface area contributed by atoms with Crippen molar-refractivity contribution in [2.45, 2.75) is 39.2 Å². The molecule has 29 heavy (non-hydrogen) atoms. The van der Waals surface area contributed by atoms with Gasteiger partial charge in [0.15, 0.2) is 0 Å². The number of piperidine rings is 1. The van der Waals surface area contributed by atoms with Crippen molar-refractivity contribution in [3.05, 3.63) is 60.7 Å². The Hall–Kier alpha value is -2.82. The standard InChI is InChI=1S/C24H30N2O3/c1-19(2)17-23(26(18-27)21-9-5-3-6-10-21)20-13-15-25(16-14-20)24(28)29-22-11-7-4-8-12-22/h3-12,18-20,23H,13-17H2,1-2H3. The topological polar surface area (TPSA) is 49.9 Å². The lowest BCUT2D eigenvalue weighted by atomic mass is 9.84. The zero-order chi connectivity index (χ0) is 20.6. The summed E-state index contributed by atoms with van der Waals surface area (Å²) in [6.45, 7) is 5.67. The van der Waals surface area contributed by atoms with Crippen LogP contribution in [0.1, 0.15) is 33.1 Å². The molecule has 2 amide bonds. The first kappa shape index (κ1) is 20.9. The number of rotatable bonds is 7. The Labute approximate surface area is 173 Å². The van der Waals surface area contributed by atoms with Crippen molar-refractivity contribution in [3.63, 3.8) is 0 Å². The van der Waals surface area contributed by atoms with E-state index >= 15 is 0 Å². The van der Waals surface area contributed by atoms with Crippen molar-refractivity contribution < 1.29 is 14.3 Å². The van der Waals surface area contributed by atoms with Gasteiger partial charge in [-0.05, 0) is 55.4 Å². The number of likely N-dealkylation sites (tertiary alicyclic amines) is 1. The first-order valence-corrected chi connectivity index (χ1v) is 10.4. The van der Waals surface area contributed by atoms with Crippen molar-refractivity contribution in [2.75, 3.05) is 18.0 Å². The molecule has 2 aromatic carbocycles. The van der Waals surface area contributed by atoms with Gasteiger partial charge in [-0.25, -0.2) is 4.79 Å². The molecule has 1 aliphatic rings. The minimum Gasteiger partial charge on any atom is -0.410 e. The number of para-hydroxylation sites is 2. The summed E-state index contributed by atoms with van der Waals surface area (Å²) in [6, 6.07) is 19.1. The van der Waals surface area contributed by atoms with Crippen LogP contribution in [0.15, 0.2) is 60.7 Å². The van der Waals surface area contributed by atoms with Crippen molar-refractivity contribution in [2.24, 2.45) is 11.8 Å². The molecule has 1 saturated heterocycles. The fourth-order valence-electron chi connectivity index (χ4n) is 4.07. The molecule has 154 valence electrons. The van der Waals surface area contributed by atoms with Gasteiger partial charge in [-0.15, -0.1) is 0 Å². The van der Waals surface area contributed by atoms with Crippen LogP contribution in [0.5, 0.6) is 5.75 Å². The Morgan fingerprint density at radius 1 is 1.07 bits per heavy atom. The van der Waals surface area contributed by atoms with E-state index in [1.807, 2.05) is 53.4 Å². The maximum absolute atomic E-state index is 12.5. The third-order valence-corrected chi connectivity index (χ3v) is 5.53. The van der Waals surface area contributed by atoms with Crippen LogP contribution in [0, 0.1) is 11.8 Å². The van der Waals surface area contributed by atoms with Gasteiger partial charge in [0.05, 0.1) is 0 Å². The second-order valence-corrected chi connectivity index (χ2v) is 8.05. The van der Waals surface area contributed by atoms with E-state index < -0.39 is 0 Å². The summed E-state index contributed by atoms with van der Waals surface area (Å²) >= 11 is 0. The van der Waals surface area contributed by atoms with Crippen LogP contribution >= 0.6 is 0 Å². The number of ether oxygens (including phenoxy) is 1. The summed E-state index contributed by atoms with van der Waals surface area (Å²) in [6.07, 6.45) is 3.31. The zero-order valence-electron chi connectivity index (χ0n) is 17.2. The van der Waals surface area contributed by atoms with Crippen LogP contribution in [-0.2, 0) is 4.79 Å². The monoisotopic (exact) mass is 394 g/mol.